The summed E-state index contributed by atoms with van der Waals surface area (Å²) in [6.07, 6.45) is 1.99. The number of imidazole rings is 1. The summed E-state index contributed by atoms with van der Waals surface area (Å²) in [5.74, 6) is 1.00. The smallest absolute Gasteiger partial charge is 0.124 e. The van der Waals surface area contributed by atoms with Crippen molar-refractivity contribution in [1.29, 1.82) is 0 Å². The Morgan fingerprint density at radius 3 is 2.69 bits per heavy atom. The maximum Gasteiger partial charge on any atom is 0.124 e. The number of aryl methyl sites for hydroxylation is 2. The van der Waals surface area contributed by atoms with Crippen molar-refractivity contribution in [1.82, 2.24) is 9.55 Å². The second-order valence-corrected chi connectivity index (χ2v) is 5.06. The van der Waals surface area contributed by atoms with Crippen LogP contribution in [-0.2, 0) is 6.54 Å². The van der Waals surface area contributed by atoms with Crippen LogP contribution in [-0.4, -0.2) is 9.55 Å². The fourth-order valence-corrected chi connectivity index (χ4v) is 2.38. The van der Waals surface area contributed by atoms with Gasteiger partial charge in [-0.25, -0.2) is 4.98 Å². The third-order valence-corrected chi connectivity index (χ3v) is 3.21. The molecule has 0 aliphatic heterocycles. The molecule has 0 bridgehead atoms. The van der Waals surface area contributed by atoms with Crippen molar-refractivity contribution < 1.29 is 0 Å². The Morgan fingerprint density at radius 2 is 2.12 bits per heavy atom. The van der Waals surface area contributed by atoms with Gasteiger partial charge in [0.15, 0.2) is 0 Å². The Labute approximate surface area is 108 Å². The van der Waals surface area contributed by atoms with Crippen molar-refractivity contribution in [3.63, 3.8) is 0 Å². The fraction of sp³-hybridized carbons (Fsp3) is 0.250. The van der Waals surface area contributed by atoms with Crippen LogP contribution in [0.4, 0.5) is 0 Å². The monoisotopic (exact) mass is 298 g/mol. The van der Waals surface area contributed by atoms with Crippen LogP contribution in [0.3, 0.4) is 0 Å². The summed E-state index contributed by atoms with van der Waals surface area (Å²) in [5, 5.41) is 0.782. The first-order valence-electron chi connectivity index (χ1n) is 5.00. The maximum absolute atomic E-state index is 5.93. The van der Waals surface area contributed by atoms with Crippen molar-refractivity contribution >= 4 is 27.5 Å². The lowest BCUT2D eigenvalue weighted by atomic mass is 10.1. The zero-order valence-electron chi connectivity index (χ0n) is 9.17. The quantitative estimate of drug-likeness (QED) is 0.820. The van der Waals surface area contributed by atoms with E-state index < -0.39 is 0 Å². The molecule has 0 spiro atoms. The zero-order chi connectivity index (χ0) is 11.7. The van der Waals surface area contributed by atoms with Crippen LogP contribution in [0.2, 0.25) is 5.02 Å². The van der Waals surface area contributed by atoms with Gasteiger partial charge in [-0.05, 0) is 53.0 Å². The summed E-state index contributed by atoms with van der Waals surface area (Å²) in [4.78, 5) is 4.31. The molecular weight excluding hydrogens is 288 g/mol. The maximum atomic E-state index is 5.93. The van der Waals surface area contributed by atoms with Crippen molar-refractivity contribution in [3.05, 3.63) is 51.0 Å². The Hall–Kier alpha value is -0.800. The van der Waals surface area contributed by atoms with Gasteiger partial charge in [0.2, 0.25) is 0 Å². The lowest BCUT2D eigenvalue weighted by Crippen LogP contribution is -2.02. The Morgan fingerprint density at radius 1 is 1.38 bits per heavy atom. The van der Waals surface area contributed by atoms with E-state index in [1.54, 1.807) is 0 Å². The number of hydrogen-bond acceptors (Lipinski definition) is 1. The molecule has 84 valence electrons. The Kier molecular flexibility index (Phi) is 3.36. The molecule has 2 rings (SSSR count). The molecule has 2 nitrogen and oxygen atoms in total. The molecule has 1 aromatic carbocycles. The second kappa shape index (κ2) is 4.60. The van der Waals surface area contributed by atoms with E-state index in [1.807, 2.05) is 25.3 Å². The number of aromatic nitrogens is 2. The van der Waals surface area contributed by atoms with Gasteiger partial charge in [0.05, 0.1) is 0 Å². The number of benzene rings is 1. The van der Waals surface area contributed by atoms with E-state index >= 15 is 0 Å². The van der Waals surface area contributed by atoms with Gasteiger partial charge >= 0.3 is 0 Å². The summed E-state index contributed by atoms with van der Waals surface area (Å²) in [5.41, 5.74) is 2.47. The van der Waals surface area contributed by atoms with Gasteiger partial charge in [-0.15, -0.1) is 0 Å². The van der Waals surface area contributed by atoms with Crippen molar-refractivity contribution in [2.24, 2.45) is 0 Å². The van der Waals surface area contributed by atoms with Gasteiger partial charge in [0.1, 0.15) is 10.4 Å². The van der Waals surface area contributed by atoms with Crippen molar-refractivity contribution in [2.75, 3.05) is 0 Å². The van der Waals surface area contributed by atoms with Gasteiger partial charge in [-0.1, -0.05) is 17.7 Å². The molecule has 1 aromatic heterocycles. The molecular formula is C12H12BrClN2. The predicted molar refractivity (Wildman–Crippen MR) is 70.0 cm³/mol. The highest BCUT2D eigenvalue weighted by Gasteiger charge is 2.04. The Bertz CT molecular complexity index is 520. The Balaban J connectivity index is 2.30. The van der Waals surface area contributed by atoms with E-state index in [1.165, 1.54) is 11.1 Å². The van der Waals surface area contributed by atoms with E-state index in [0.29, 0.717) is 0 Å². The molecule has 0 fully saturated rings. The van der Waals surface area contributed by atoms with Gasteiger partial charge in [-0.3, -0.25) is 0 Å². The molecule has 0 aliphatic rings. The molecule has 0 radical (unpaired) electrons. The first-order valence-corrected chi connectivity index (χ1v) is 6.17. The highest BCUT2D eigenvalue weighted by Crippen LogP contribution is 2.18. The highest BCUT2D eigenvalue weighted by molar-refractivity contribution is 9.10. The molecule has 4 heteroatoms. The molecule has 0 unspecified atom stereocenters. The first-order chi connectivity index (χ1) is 7.56. The topological polar surface area (TPSA) is 17.8 Å². The highest BCUT2D eigenvalue weighted by atomic mass is 79.9. The van der Waals surface area contributed by atoms with Crippen molar-refractivity contribution in [3.8, 4) is 0 Å². The SMILES string of the molecule is Cc1cc(Cl)ccc1Cn1cc(Br)nc1C. The first kappa shape index (κ1) is 11.7. The molecule has 0 amide bonds. The number of nitrogens with zero attached hydrogens (tertiary/aromatic N) is 2. The summed E-state index contributed by atoms with van der Waals surface area (Å²) in [6.45, 7) is 4.89. The molecule has 2 aromatic rings. The fourth-order valence-electron chi connectivity index (χ4n) is 1.65. The standard InChI is InChI=1S/C12H12BrClN2/c1-8-5-11(14)4-3-10(8)6-16-7-12(13)15-9(16)2/h3-5,7H,6H2,1-2H3. The van der Waals surface area contributed by atoms with Gasteiger partial charge in [0.25, 0.3) is 0 Å². The van der Waals surface area contributed by atoms with Crippen LogP contribution in [0.5, 0.6) is 0 Å². The van der Waals surface area contributed by atoms with E-state index in [-0.39, 0.29) is 0 Å². The lowest BCUT2D eigenvalue weighted by Gasteiger charge is -2.08. The summed E-state index contributed by atoms with van der Waals surface area (Å²) < 4.78 is 2.98. The van der Waals surface area contributed by atoms with Gasteiger partial charge < -0.3 is 4.57 Å². The lowest BCUT2D eigenvalue weighted by molar-refractivity contribution is 0.757. The van der Waals surface area contributed by atoms with E-state index in [4.69, 9.17) is 11.6 Å². The van der Waals surface area contributed by atoms with E-state index in [9.17, 15) is 0 Å². The average molecular weight is 300 g/mol. The van der Waals surface area contributed by atoms with Crippen LogP contribution in [0.25, 0.3) is 0 Å². The van der Waals surface area contributed by atoms with Crippen LogP contribution in [0, 0.1) is 13.8 Å². The third kappa shape index (κ3) is 2.47. The molecule has 0 atom stereocenters. The summed E-state index contributed by atoms with van der Waals surface area (Å²) >= 11 is 9.30. The predicted octanol–water partition coefficient (Wildman–Crippen LogP) is 3.96. The third-order valence-electron chi connectivity index (χ3n) is 2.59. The van der Waals surface area contributed by atoms with E-state index in [2.05, 4.69) is 38.5 Å². The number of rotatable bonds is 2. The van der Waals surface area contributed by atoms with Crippen molar-refractivity contribution in [2.45, 2.75) is 20.4 Å². The van der Waals surface area contributed by atoms with Crippen LogP contribution < -0.4 is 0 Å². The van der Waals surface area contributed by atoms with Gasteiger partial charge in [-0.2, -0.15) is 0 Å². The van der Waals surface area contributed by atoms with E-state index in [0.717, 1.165) is 22.0 Å². The largest absolute Gasteiger partial charge is 0.330 e. The van der Waals surface area contributed by atoms with Crippen LogP contribution in [0.15, 0.2) is 29.0 Å². The van der Waals surface area contributed by atoms with Gasteiger partial charge in [0, 0.05) is 17.8 Å². The normalized spacial score (nSPS) is 10.8. The van der Waals surface area contributed by atoms with Crippen LogP contribution >= 0.6 is 27.5 Å². The number of halogens is 2. The molecule has 0 N–H and O–H groups in total. The van der Waals surface area contributed by atoms with Crippen LogP contribution in [0.1, 0.15) is 17.0 Å². The molecule has 1 heterocycles. The molecule has 0 saturated carbocycles. The molecule has 0 saturated heterocycles. The average Bonchev–Trinajstić information content (AvgIpc) is 2.50. The minimum absolute atomic E-state index is 0.782. The zero-order valence-corrected chi connectivity index (χ0v) is 11.5. The summed E-state index contributed by atoms with van der Waals surface area (Å²) in [7, 11) is 0. The number of hydrogen-bond donors (Lipinski definition) is 0. The minimum atomic E-state index is 0.782. The molecule has 16 heavy (non-hydrogen) atoms. The molecule has 0 aliphatic carbocycles. The summed E-state index contributed by atoms with van der Waals surface area (Å²) in [6, 6.07) is 5.97. The minimum Gasteiger partial charge on any atom is -0.330 e. The second-order valence-electron chi connectivity index (χ2n) is 3.81.